The minimum atomic E-state index is 0.159. The number of anilines is 2. The van der Waals surface area contributed by atoms with Crippen LogP contribution in [0, 0.1) is 0 Å². The van der Waals surface area contributed by atoms with E-state index in [9.17, 15) is 0 Å². The molecule has 2 fully saturated rings. The van der Waals surface area contributed by atoms with Crippen LogP contribution in [-0.4, -0.2) is 42.3 Å². The fourth-order valence-electron chi connectivity index (χ4n) is 3.57. The summed E-state index contributed by atoms with van der Waals surface area (Å²) in [5.41, 5.74) is 0. The lowest BCUT2D eigenvalue weighted by Crippen LogP contribution is -2.31. The van der Waals surface area contributed by atoms with Crippen LogP contribution in [0.4, 0.5) is 11.6 Å². The first-order valence-corrected chi connectivity index (χ1v) is 9.40. The van der Waals surface area contributed by atoms with Gasteiger partial charge in [0, 0.05) is 37.1 Å². The molecule has 6 heteroatoms. The Balaban J connectivity index is 1.41. The Morgan fingerprint density at radius 2 is 1.76 bits per heavy atom. The van der Waals surface area contributed by atoms with E-state index in [-0.39, 0.29) is 6.10 Å². The van der Waals surface area contributed by atoms with Crippen LogP contribution < -0.4 is 14.5 Å². The van der Waals surface area contributed by atoms with E-state index in [0.29, 0.717) is 5.02 Å². The number of piperidine rings is 1. The molecule has 0 aliphatic carbocycles. The minimum absolute atomic E-state index is 0.159. The van der Waals surface area contributed by atoms with Crippen LogP contribution in [-0.2, 0) is 0 Å². The predicted molar refractivity (Wildman–Crippen MR) is 101 cm³/mol. The van der Waals surface area contributed by atoms with Crippen molar-refractivity contribution in [3.8, 4) is 5.75 Å². The van der Waals surface area contributed by atoms with Crippen molar-refractivity contribution >= 4 is 23.2 Å². The molecule has 132 valence electrons. The number of aromatic nitrogens is 2. The third-order valence-electron chi connectivity index (χ3n) is 4.89. The first-order valence-electron chi connectivity index (χ1n) is 9.02. The fraction of sp³-hybridized carbons (Fsp3) is 0.474. The van der Waals surface area contributed by atoms with Gasteiger partial charge < -0.3 is 14.5 Å². The van der Waals surface area contributed by atoms with E-state index < -0.39 is 0 Å². The number of nitrogens with zero attached hydrogens (tertiary/aromatic N) is 4. The second kappa shape index (κ2) is 7.48. The van der Waals surface area contributed by atoms with Gasteiger partial charge in [-0.05, 0) is 37.5 Å². The highest BCUT2D eigenvalue weighted by atomic mass is 35.5. The first-order chi connectivity index (χ1) is 12.3. The Kier molecular flexibility index (Phi) is 4.92. The van der Waals surface area contributed by atoms with Gasteiger partial charge in [0.15, 0.2) is 0 Å². The van der Waals surface area contributed by atoms with Gasteiger partial charge in [-0.2, -0.15) is 0 Å². The average molecular weight is 359 g/mol. The van der Waals surface area contributed by atoms with Gasteiger partial charge in [0.05, 0.1) is 6.54 Å². The third-order valence-corrected chi connectivity index (χ3v) is 5.12. The molecule has 2 aromatic rings. The summed E-state index contributed by atoms with van der Waals surface area (Å²) in [5.74, 6) is 2.87. The number of rotatable bonds is 4. The van der Waals surface area contributed by atoms with Gasteiger partial charge in [0.1, 0.15) is 29.8 Å². The average Bonchev–Trinajstić information content (AvgIpc) is 3.11. The van der Waals surface area contributed by atoms with Crippen LogP contribution in [0.25, 0.3) is 0 Å². The quantitative estimate of drug-likeness (QED) is 0.832. The van der Waals surface area contributed by atoms with Crippen LogP contribution in [0.3, 0.4) is 0 Å². The zero-order valence-corrected chi connectivity index (χ0v) is 15.0. The van der Waals surface area contributed by atoms with Gasteiger partial charge in [0.25, 0.3) is 0 Å². The van der Waals surface area contributed by atoms with Crippen molar-refractivity contribution in [1.29, 1.82) is 0 Å². The van der Waals surface area contributed by atoms with Crippen LogP contribution in [0.5, 0.6) is 5.75 Å². The molecule has 0 saturated carbocycles. The first kappa shape index (κ1) is 16.5. The van der Waals surface area contributed by atoms with Crippen LogP contribution in [0.1, 0.15) is 25.7 Å². The lowest BCUT2D eigenvalue weighted by Gasteiger charge is -2.28. The van der Waals surface area contributed by atoms with Crippen LogP contribution in [0.2, 0.25) is 5.02 Å². The normalized spacial score (nSPS) is 20.8. The number of hydrogen-bond acceptors (Lipinski definition) is 5. The number of hydrogen-bond donors (Lipinski definition) is 0. The van der Waals surface area contributed by atoms with Gasteiger partial charge in [0.2, 0.25) is 0 Å². The molecule has 0 radical (unpaired) electrons. The van der Waals surface area contributed by atoms with Crippen molar-refractivity contribution in [2.75, 3.05) is 36.0 Å². The van der Waals surface area contributed by atoms with E-state index in [1.165, 1.54) is 19.3 Å². The molecule has 1 aromatic carbocycles. The molecule has 0 spiro atoms. The lowest BCUT2D eigenvalue weighted by atomic mass is 10.1. The topological polar surface area (TPSA) is 41.5 Å². The van der Waals surface area contributed by atoms with Crippen LogP contribution >= 0.6 is 11.6 Å². The van der Waals surface area contributed by atoms with Gasteiger partial charge in [-0.15, -0.1) is 0 Å². The summed E-state index contributed by atoms with van der Waals surface area (Å²) in [4.78, 5) is 13.6. The monoisotopic (exact) mass is 358 g/mol. The Morgan fingerprint density at radius 3 is 2.56 bits per heavy atom. The molecule has 1 aromatic heterocycles. The minimum Gasteiger partial charge on any atom is -0.488 e. The Morgan fingerprint density at radius 1 is 0.960 bits per heavy atom. The van der Waals surface area contributed by atoms with Gasteiger partial charge in [-0.1, -0.05) is 17.7 Å². The molecule has 5 nitrogen and oxygen atoms in total. The van der Waals surface area contributed by atoms with Crippen molar-refractivity contribution in [3.63, 3.8) is 0 Å². The molecule has 2 aliphatic heterocycles. The maximum atomic E-state index is 6.07. The summed E-state index contributed by atoms with van der Waals surface area (Å²) in [6, 6.07) is 9.71. The molecular formula is C19H23ClN4O. The SMILES string of the molecule is Clc1cccc(OC2CCN(c3cc(N4CCCCC4)ncn3)C2)c1. The zero-order valence-electron chi connectivity index (χ0n) is 14.3. The highest BCUT2D eigenvalue weighted by Gasteiger charge is 2.26. The summed E-state index contributed by atoms with van der Waals surface area (Å²) in [6.07, 6.45) is 6.65. The Hall–Kier alpha value is -2.01. The molecule has 1 atom stereocenters. The van der Waals surface area contributed by atoms with Crippen molar-refractivity contribution in [3.05, 3.63) is 41.7 Å². The lowest BCUT2D eigenvalue weighted by molar-refractivity contribution is 0.225. The molecule has 0 bridgehead atoms. The van der Waals surface area contributed by atoms with Gasteiger partial charge in [-0.25, -0.2) is 9.97 Å². The van der Waals surface area contributed by atoms with E-state index in [2.05, 4.69) is 25.8 Å². The maximum Gasteiger partial charge on any atom is 0.134 e. The molecule has 3 heterocycles. The molecule has 1 unspecified atom stereocenters. The molecule has 0 N–H and O–H groups in total. The van der Waals surface area contributed by atoms with E-state index in [0.717, 1.165) is 50.0 Å². The highest BCUT2D eigenvalue weighted by Crippen LogP contribution is 2.26. The number of halogens is 1. The Bertz CT molecular complexity index is 720. The van der Waals surface area contributed by atoms with Gasteiger partial charge in [-0.3, -0.25) is 0 Å². The van der Waals surface area contributed by atoms with Gasteiger partial charge >= 0.3 is 0 Å². The Labute approximate surface area is 153 Å². The molecule has 4 rings (SSSR count). The summed E-state index contributed by atoms with van der Waals surface area (Å²) in [5, 5.41) is 0.703. The predicted octanol–water partition coefficient (Wildman–Crippen LogP) is 3.78. The van der Waals surface area contributed by atoms with E-state index in [1.807, 2.05) is 24.3 Å². The maximum absolute atomic E-state index is 6.07. The van der Waals surface area contributed by atoms with E-state index in [4.69, 9.17) is 16.3 Å². The highest BCUT2D eigenvalue weighted by molar-refractivity contribution is 6.30. The van der Waals surface area contributed by atoms with Crippen molar-refractivity contribution in [1.82, 2.24) is 9.97 Å². The second-order valence-corrected chi connectivity index (χ2v) is 7.15. The smallest absolute Gasteiger partial charge is 0.134 e. The molecule has 2 saturated heterocycles. The summed E-state index contributed by atoms with van der Waals surface area (Å²) >= 11 is 6.03. The van der Waals surface area contributed by atoms with Crippen LogP contribution in [0.15, 0.2) is 36.7 Å². The standard InChI is InChI=1S/C19H23ClN4O/c20-15-5-4-6-16(11-15)25-17-7-10-24(13-17)19-12-18(21-14-22-19)23-8-2-1-3-9-23/h4-6,11-12,14,17H,1-3,7-10,13H2. The van der Waals surface area contributed by atoms with Crippen molar-refractivity contribution < 1.29 is 4.74 Å². The third kappa shape index (κ3) is 3.98. The fourth-order valence-corrected chi connectivity index (χ4v) is 3.75. The molecule has 2 aliphatic rings. The number of ether oxygens (including phenoxy) is 1. The molecule has 0 amide bonds. The number of benzene rings is 1. The van der Waals surface area contributed by atoms with Crippen molar-refractivity contribution in [2.24, 2.45) is 0 Å². The zero-order chi connectivity index (χ0) is 17.1. The second-order valence-electron chi connectivity index (χ2n) is 6.71. The summed E-state index contributed by atoms with van der Waals surface area (Å²) in [6.45, 7) is 3.97. The summed E-state index contributed by atoms with van der Waals surface area (Å²) < 4.78 is 6.07. The summed E-state index contributed by atoms with van der Waals surface area (Å²) in [7, 11) is 0. The molecular weight excluding hydrogens is 336 g/mol. The van der Waals surface area contributed by atoms with E-state index in [1.54, 1.807) is 6.33 Å². The molecule has 25 heavy (non-hydrogen) atoms. The van der Waals surface area contributed by atoms with Crippen molar-refractivity contribution in [2.45, 2.75) is 31.8 Å². The van der Waals surface area contributed by atoms with E-state index >= 15 is 0 Å². The largest absolute Gasteiger partial charge is 0.488 e.